The van der Waals surface area contributed by atoms with E-state index in [0.29, 0.717) is 12.1 Å². The lowest BCUT2D eigenvalue weighted by molar-refractivity contribution is -0.136. The van der Waals surface area contributed by atoms with E-state index >= 15 is 0 Å². The van der Waals surface area contributed by atoms with Crippen LogP contribution in [0.4, 0.5) is 5.69 Å². The fraction of sp³-hybridized carbons (Fsp3) is 0.385. The van der Waals surface area contributed by atoms with E-state index in [1.807, 2.05) is 24.0 Å². The molecule has 0 aliphatic rings. The van der Waals surface area contributed by atoms with Crippen LogP contribution in [0.15, 0.2) is 24.3 Å². The van der Waals surface area contributed by atoms with E-state index in [0.717, 1.165) is 18.7 Å². The van der Waals surface area contributed by atoms with Gasteiger partial charge in [0.15, 0.2) is 0 Å². The van der Waals surface area contributed by atoms with Gasteiger partial charge in [0, 0.05) is 18.8 Å². The van der Waals surface area contributed by atoms with Gasteiger partial charge in [-0.2, -0.15) is 5.26 Å². The number of nitriles is 1. The maximum Gasteiger partial charge on any atom is 0.305 e. The summed E-state index contributed by atoms with van der Waals surface area (Å²) in [6, 6.07) is 9.33. The molecule has 0 atom stereocenters. The van der Waals surface area contributed by atoms with Crippen molar-refractivity contribution in [2.24, 2.45) is 0 Å². The Morgan fingerprint density at radius 3 is 2.82 bits per heavy atom. The van der Waals surface area contributed by atoms with Crippen LogP contribution >= 0.6 is 0 Å². The van der Waals surface area contributed by atoms with Crippen LogP contribution < -0.4 is 4.90 Å². The lowest BCUT2D eigenvalue weighted by Crippen LogP contribution is -2.26. The number of hydrogen-bond acceptors (Lipinski definition) is 3. The predicted octanol–water partition coefficient (Wildman–Crippen LogP) is 2.25. The number of carbonyl (C=O) groups is 1. The first-order chi connectivity index (χ1) is 8.17. The van der Waals surface area contributed by atoms with Crippen molar-refractivity contribution in [1.29, 1.82) is 5.26 Å². The van der Waals surface area contributed by atoms with Crippen molar-refractivity contribution in [3.8, 4) is 6.07 Å². The third-order valence-corrected chi connectivity index (χ3v) is 2.43. The maximum absolute atomic E-state index is 10.6. The Hall–Kier alpha value is -2.02. The van der Waals surface area contributed by atoms with Gasteiger partial charge in [0.05, 0.1) is 18.1 Å². The topological polar surface area (TPSA) is 64.3 Å². The summed E-state index contributed by atoms with van der Waals surface area (Å²) in [6.45, 7) is 3.31. The Morgan fingerprint density at radius 2 is 2.24 bits per heavy atom. The third kappa shape index (κ3) is 4.15. The van der Waals surface area contributed by atoms with Gasteiger partial charge < -0.3 is 10.0 Å². The fourth-order valence-electron chi connectivity index (χ4n) is 1.64. The van der Waals surface area contributed by atoms with Gasteiger partial charge in [0.25, 0.3) is 0 Å². The van der Waals surface area contributed by atoms with Crippen molar-refractivity contribution in [1.82, 2.24) is 0 Å². The van der Waals surface area contributed by atoms with Crippen molar-refractivity contribution in [3.63, 3.8) is 0 Å². The van der Waals surface area contributed by atoms with E-state index in [-0.39, 0.29) is 6.42 Å². The van der Waals surface area contributed by atoms with Gasteiger partial charge in [-0.15, -0.1) is 0 Å². The molecule has 0 unspecified atom stereocenters. The van der Waals surface area contributed by atoms with Crippen LogP contribution in [0.3, 0.4) is 0 Å². The molecule has 0 aliphatic carbocycles. The van der Waals surface area contributed by atoms with Gasteiger partial charge in [0.2, 0.25) is 0 Å². The number of hydrogen-bond donors (Lipinski definition) is 1. The van der Waals surface area contributed by atoms with Gasteiger partial charge in [-0.3, -0.25) is 4.79 Å². The second kappa shape index (κ2) is 6.54. The van der Waals surface area contributed by atoms with Crippen LogP contribution in [0, 0.1) is 11.3 Å². The molecule has 4 nitrogen and oxygen atoms in total. The Kier molecular flexibility index (Phi) is 5.02. The summed E-state index contributed by atoms with van der Waals surface area (Å²) in [6.07, 6.45) is 1.05. The largest absolute Gasteiger partial charge is 0.481 e. The monoisotopic (exact) mass is 232 g/mol. The van der Waals surface area contributed by atoms with Crippen LogP contribution in [-0.2, 0) is 4.79 Å². The second-order valence-electron chi connectivity index (χ2n) is 3.79. The lowest BCUT2D eigenvalue weighted by atomic mass is 10.2. The molecule has 0 fully saturated rings. The van der Waals surface area contributed by atoms with Gasteiger partial charge >= 0.3 is 5.97 Å². The van der Waals surface area contributed by atoms with E-state index in [1.165, 1.54) is 0 Å². The molecule has 1 N–H and O–H groups in total. The zero-order valence-corrected chi connectivity index (χ0v) is 9.89. The zero-order chi connectivity index (χ0) is 12.7. The lowest BCUT2D eigenvalue weighted by Gasteiger charge is -2.23. The molecule has 90 valence electrons. The van der Waals surface area contributed by atoms with E-state index in [4.69, 9.17) is 10.4 Å². The van der Waals surface area contributed by atoms with Gasteiger partial charge in [-0.25, -0.2) is 0 Å². The highest BCUT2D eigenvalue weighted by molar-refractivity contribution is 5.67. The van der Waals surface area contributed by atoms with Gasteiger partial charge in [-0.1, -0.05) is 13.0 Å². The van der Waals surface area contributed by atoms with Crippen LogP contribution in [0.1, 0.15) is 25.3 Å². The normalized spacial score (nSPS) is 9.65. The van der Waals surface area contributed by atoms with Crippen molar-refractivity contribution in [3.05, 3.63) is 29.8 Å². The molecule has 0 spiro atoms. The SMILES string of the molecule is CCCN(CCC(=O)O)c1cccc(C#N)c1. The first kappa shape index (κ1) is 13.0. The Balaban J connectivity index is 2.81. The standard InChI is InChI=1S/C13H16N2O2/c1-2-7-15(8-6-13(16)17)12-5-3-4-11(9-12)10-14/h3-5,9H,2,6-8H2,1H3,(H,16,17). The van der Waals surface area contributed by atoms with Crippen molar-refractivity contribution >= 4 is 11.7 Å². The quantitative estimate of drug-likeness (QED) is 0.817. The average molecular weight is 232 g/mol. The maximum atomic E-state index is 10.6. The molecule has 0 saturated carbocycles. The number of carboxylic acids is 1. The summed E-state index contributed by atoms with van der Waals surface area (Å²) >= 11 is 0. The second-order valence-corrected chi connectivity index (χ2v) is 3.79. The molecule has 0 amide bonds. The molecule has 1 aromatic rings. The van der Waals surface area contributed by atoms with Crippen LogP contribution in [0.2, 0.25) is 0 Å². The van der Waals surface area contributed by atoms with Crippen LogP contribution in [0.5, 0.6) is 0 Å². The first-order valence-corrected chi connectivity index (χ1v) is 5.64. The minimum Gasteiger partial charge on any atom is -0.481 e. The third-order valence-electron chi connectivity index (χ3n) is 2.43. The van der Waals surface area contributed by atoms with Crippen molar-refractivity contribution in [2.75, 3.05) is 18.0 Å². The van der Waals surface area contributed by atoms with Crippen molar-refractivity contribution in [2.45, 2.75) is 19.8 Å². The molecule has 0 radical (unpaired) electrons. The molecule has 4 heteroatoms. The summed E-state index contributed by atoms with van der Waals surface area (Å²) in [5, 5.41) is 17.5. The number of carboxylic acid groups (broad SMARTS) is 1. The number of benzene rings is 1. The minimum absolute atomic E-state index is 0.108. The van der Waals surface area contributed by atoms with E-state index in [1.54, 1.807) is 12.1 Å². The van der Waals surface area contributed by atoms with Crippen molar-refractivity contribution < 1.29 is 9.90 Å². The number of rotatable bonds is 6. The molecule has 0 aromatic heterocycles. The Labute approximate surface area is 101 Å². The molecule has 0 saturated heterocycles. The number of aliphatic carboxylic acids is 1. The van der Waals surface area contributed by atoms with Gasteiger partial charge in [-0.05, 0) is 24.6 Å². The average Bonchev–Trinajstić information content (AvgIpc) is 2.34. The highest BCUT2D eigenvalue weighted by atomic mass is 16.4. The van der Waals surface area contributed by atoms with E-state index in [9.17, 15) is 4.79 Å². The zero-order valence-electron chi connectivity index (χ0n) is 9.89. The minimum atomic E-state index is -0.803. The summed E-state index contributed by atoms with van der Waals surface area (Å²) in [7, 11) is 0. The van der Waals surface area contributed by atoms with Gasteiger partial charge in [0.1, 0.15) is 0 Å². The summed E-state index contributed by atoms with van der Waals surface area (Å²) in [5.41, 5.74) is 1.51. The molecule has 0 heterocycles. The van der Waals surface area contributed by atoms with Crippen LogP contribution in [0.25, 0.3) is 0 Å². The highest BCUT2D eigenvalue weighted by Gasteiger charge is 2.08. The van der Waals surface area contributed by atoms with Crippen LogP contribution in [-0.4, -0.2) is 24.2 Å². The molecule has 0 aliphatic heterocycles. The molecule has 0 bridgehead atoms. The molecular formula is C13H16N2O2. The molecule has 1 aromatic carbocycles. The summed E-state index contributed by atoms with van der Waals surface area (Å²) in [4.78, 5) is 12.6. The number of anilines is 1. The Bertz CT molecular complexity index is 424. The van der Waals surface area contributed by atoms with E-state index in [2.05, 4.69) is 6.07 Å². The molecule has 1 rings (SSSR count). The smallest absolute Gasteiger partial charge is 0.305 e. The fourth-order valence-corrected chi connectivity index (χ4v) is 1.64. The highest BCUT2D eigenvalue weighted by Crippen LogP contribution is 2.16. The summed E-state index contributed by atoms with van der Waals surface area (Å²) < 4.78 is 0. The van der Waals surface area contributed by atoms with E-state index < -0.39 is 5.97 Å². The Morgan fingerprint density at radius 1 is 1.47 bits per heavy atom. The molecular weight excluding hydrogens is 216 g/mol. The number of nitrogens with zero attached hydrogens (tertiary/aromatic N) is 2. The first-order valence-electron chi connectivity index (χ1n) is 5.64. The predicted molar refractivity (Wildman–Crippen MR) is 65.9 cm³/mol. The summed E-state index contributed by atoms with van der Waals surface area (Å²) in [5.74, 6) is -0.803. The molecule has 17 heavy (non-hydrogen) atoms.